The predicted octanol–water partition coefficient (Wildman–Crippen LogP) is -0.631. The highest BCUT2D eigenvalue weighted by atomic mass is 16.4. The number of urea groups is 1. The summed E-state index contributed by atoms with van der Waals surface area (Å²) in [7, 11) is 0. The highest BCUT2D eigenvalue weighted by Crippen LogP contribution is 1.93. The number of aliphatic hydroxyl groups excluding tert-OH is 1. The van der Waals surface area contributed by atoms with E-state index in [1.54, 1.807) is 12.3 Å². The molecule has 7 heteroatoms. The predicted molar refractivity (Wildman–Crippen MR) is 63.0 cm³/mol. The van der Waals surface area contributed by atoms with Gasteiger partial charge in [0.25, 0.3) is 0 Å². The zero-order valence-corrected chi connectivity index (χ0v) is 9.67. The Kier molecular flexibility index (Phi) is 5.59. The maximum absolute atomic E-state index is 11.3. The number of hydrogen-bond acceptors (Lipinski definition) is 4. The van der Waals surface area contributed by atoms with Gasteiger partial charge in [-0.15, -0.1) is 0 Å². The molecule has 7 nitrogen and oxygen atoms in total. The average Bonchev–Trinajstić information content (AvgIpc) is 2.37. The van der Waals surface area contributed by atoms with Gasteiger partial charge in [0.05, 0.1) is 6.61 Å². The molecule has 18 heavy (non-hydrogen) atoms. The maximum atomic E-state index is 11.3. The van der Waals surface area contributed by atoms with Gasteiger partial charge in [-0.1, -0.05) is 6.07 Å². The minimum Gasteiger partial charge on any atom is -0.480 e. The number of carbonyl (C=O) groups is 2. The Morgan fingerprint density at radius 1 is 1.39 bits per heavy atom. The molecule has 0 aromatic carbocycles. The lowest BCUT2D eigenvalue weighted by Crippen LogP contribution is -2.48. The van der Waals surface area contributed by atoms with Crippen LogP contribution in [0.4, 0.5) is 4.79 Å². The zero-order valence-electron chi connectivity index (χ0n) is 9.67. The van der Waals surface area contributed by atoms with Crippen LogP contribution in [0.2, 0.25) is 0 Å². The number of aliphatic carboxylic acids is 1. The van der Waals surface area contributed by atoms with Gasteiger partial charge in [-0.05, 0) is 12.1 Å². The van der Waals surface area contributed by atoms with Crippen molar-refractivity contribution in [2.75, 3.05) is 13.2 Å². The van der Waals surface area contributed by atoms with E-state index in [2.05, 4.69) is 15.6 Å². The minimum absolute atomic E-state index is 0.334. The molecule has 0 saturated carbocycles. The normalized spacial score (nSPS) is 11.6. The Balaban J connectivity index is 2.27. The molecular weight excluding hydrogens is 238 g/mol. The number of rotatable bonds is 6. The number of pyridine rings is 1. The number of hydrogen-bond donors (Lipinski definition) is 4. The second kappa shape index (κ2) is 7.23. The smallest absolute Gasteiger partial charge is 0.328 e. The van der Waals surface area contributed by atoms with Crippen molar-refractivity contribution in [2.24, 2.45) is 0 Å². The highest BCUT2D eigenvalue weighted by Gasteiger charge is 2.17. The van der Waals surface area contributed by atoms with E-state index in [1.165, 1.54) is 0 Å². The summed E-state index contributed by atoms with van der Waals surface area (Å²) in [4.78, 5) is 25.9. The van der Waals surface area contributed by atoms with Crippen molar-refractivity contribution in [3.8, 4) is 0 Å². The second-order valence-electron chi connectivity index (χ2n) is 3.54. The van der Waals surface area contributed by atoms with Gasteiger partial charge in [0.15, 0.2) is 6.04 Å². The van der Waals surface area contributed by atoms with Crippen LogP contribution in [0.1, 0.15) is 5.69 Å². The van der Waals surface area contributed by atoms with Crippen molar-refractivity contribution in [3.05, 3.63) is 30.1 Å². The molecule has 0 radical (unpaired) electrons. The van der Waals surface area contributed by atoms with E-state index in [0.29, 0.717) is 13.0 Å². The fourth-order valence-corrected chi connectivity index (χ4v) is 1.24. The van der Waals surface area contributed by atoms with Crippen LogP contribution in [0.5, 0.6) is 0 Å². The van der Waals surface area contributed by atoms with Crippen LogP contribution >= 0.6 is 0 Å². The van der Waals surface area contributed by atoms with Crippen LogP contribution < -0.4 is 10.6 Å². The summed E-state index contributed by atoms with van der Waals surface area (Å²) in [5, 5.41) is 21.9. The van der Waals surface area contributed by atoms with Gasteiger partial charge in [-0.2, -0.15) is 0 Å². The standard InChI is InChI=1S/C11H15N3O4/c15-7-9(10(16)17)14-11(18)13-6-4-8-3-1-2-5-12-8/h1-3,5,9,15H,4,6-7H2,(H,16,17)(H2,13,14,18). The first-order valence-electron chi connectivity index (χ1n) is 5.41. The Morgan fingerprint density at radius 2 is 2.17 bits per heavy atom. The lowest BCUT2D eigenvalue weighted by molar-refractivity contribution is -0.140. The third-order valence-corrected chi connectivity index (χ3v) is 2.18. The number of nitrogens with zero attached hydrogens (tertiary/aromatic N) is 1. The van der Waals surface area contributed by atoms with E-state index in [0.717, 1.165) is 5.69 Å². The molecule has 2 amide bonds. The first kappa shape index (κ1) is 13.9. The van der Waals surface area contributed by atoms with Gasteiger partial charge in [0.1, 0.15) is 0 Å². The molecule has 1 rings (SSSR count). The Labute approximate surface area is 104 Å². The number of amides is 2. The van der Waals surface area contributed by atoms with Crippen LogP contribution in [-0.2, 0) is 11.2 Å². The van der Waals surface area contributed by atoms with Gasteiger partial charge in [-0.3, -0.25) is 4.98 Å². The van der Waals surface area contributed by atoms with E-state index in [9.17, 15) is 9.59 Å². The molecule has 0 bridgehead atoms. The maximum Gasteiger partial charge on any atom is 0.328 e. The fourth-order valence-electron chi connectivity index (χ4n) is 1.24. The average molecular weight is 253 g/mol. The molecule has 1 atom stereocenters. The van der Waals surface area contributed by atoms with Crippen LogP contribution in [0, 0.1) is 0 Å². The minimum atomic E-state index is -1.29. The topological polar surface area (TPSA) is 112 Å². The van der Waals surface area contributed by atoms with Crippen molar-refractivity contribution in [3.63, 3.8) is 0 Å². The SMILES string of the molecule is O=C(NCCc1ccccn1)NC(CO)C(=O)O. The second-order valence-corrected chi connectivity index (χ2v) is 3.54. The van der Waals surface area contributed by atoms with Crippen molar-refractivity contribution < 1.29 is 19.8 Å². The number of carboxylic acids is 1. The van der Waals surface area contributed by atoms with Crippen molar-refractivity contribution >= 4 is 12.0 Å². The Bertz CT molecular complexity index is 397. The summed E-state index contributed by atoms with van der Waals surface area (Å²) in [6, 6.07) is 3.54. The number of aliphatic hydroxyl groups is 1. The van der Waals surface area contributed by atoms with Crippen molar-refractivity contribution in [1.29, 1.82) is 0 Å². The highest BCUT2D eigenvalue weighted by molar-refractivity contribution is 5.82. The van der Waals surface area contributed by atoms with Gasteiger partial charge in [-0.25, -0.2) is 9.59 Å². The molecule has 0 spiro atoms. The van der Waals surface area contributed by atoms with Crippen LogP contribution in [-0.4, -0.2) is 46.4 Å². The quantitative estimate of drug-likeness (QED) is 0.539. The number of nitrogens with one attached hydrogen (secondary N) is 2. The summed E-state index contributed by atoms with van der Waals surface area (Å²) in [6.45, 7) is -0.316. The molecule has 98 valence electrons. The number of carbonyl (C=O) groups excluding carboxylic acids is 1. The van der Waals surface area contributed by atoms with E-state index in [1.807, 2.05) is 12.1 Å². The summed E-state index contributed by atoms with van der Waals surface area (Å²) >= 11 is 0. The molecule has 1 aromatic heterocycles. The van der Waals surface area contributed by atoms with Crippen molar-refractivity contribution in [1.82, 2.24) is 15.6 Å². The monoisotopic (exact) mass is 253 g/mol. The van der Waals surface area contributed by atoms with Gasteiger partial charge >= 0.3 is 12.0 Å². The molecule has 1 heterocycles. The molecule has 1 aromatic rings. The molecular formula is C11H15N3O4. The van der Waals surface area contributed by atoms with E-state index in [4.69, 9.17) is 10.2 Å². The number of aromatic nitrogens is 1. The lowest BCUT2D eigenvalue weighted by atomic mass is 10.3. The van der Waals surface area contributed by atoms with Gasteiger partial charge < -0.3 is 20.8 Å². The van der Waals surface area contributed by atoms with E-state index < -0.39 is 24.6 Å². The van der Waals surface area contributed by atoms with E-state index >= 15 is 0 Å². The first-order chi connectivity index (χ1) is 8.63. The summed E-state index contributed by atoms with van der Waals surface area (Å²) < 4.78 is 0. The first-order valence-corrected chi connectivity index (χ1v) is 5.41. The molecule has 4 N–H and O–H groups in total. The largest absolute Gasteiger partial charge is 0.480 e. The zero-order chi connectivity index (χ0) is 13.4. The molecule has 0 fully saturated rings. The molecule has 0 aliphatic carbocycles. The molecule has 0 saturated heterocycles. The third kappa shape index (κ3) is 4.79. The Hall–Kier alpha value is -2.15. The number of carboxylic acid groups (broad SMARTS) is 1. The fraction of sp³-hybridized carbons (Fsp3) is 0.364. The van der Waals surface area contributed by atoms with Crippen LogP contribution in [0.25, 0.3) is 0 Å². The molecule has 0 aliphatic heterocycles. The van der Waals surface area contributed by atoms with Gasteiger partial charge in [0, 0.05) is 24.9 Å². The Morgan fingerprint density at radius 3 is 2.72 bits per heavy atom. The molecule has 1 unspecified atom stereocenters. The van der Waals surface area contributed by atoms with E-state index in [-0.39, 0.29) is 0 Å². The van der Waals surface area contributed by atoms with Crippen molar-refractivity contribution in [2.45, 2.75) is 12.5 Å². The summed E-state index contributed by atoms with van der Waals surface area (Å²) in [6.07, 6.45) is 2.20. The summed E-state index contributed by atoms with van der Waals surface area (Å²) in [5.74, 6) is -1.28. The van der Waals surface area contributed by atoms with Gasteiger partial charge in [0.2, 0.25) is 0 Å². The third-order valence-electron chi connectivity index (χ3n) is 2.18. The lowest BCUT2D eigenvalue weighted by Gasteiger charge is -2.12. The summed E-state index contributed by atoms with van der Waals surface area (Å²) in [5.41, 5.74) is 0.828. The molecule has 0 aliphatic rings. The van der Waals surface area contributed by atoms with Crippen LogP contribution in [0.15, 0.2) is 24.4 Å². The van der Waals surface area contributed by atoms with Crippen LogP contribution in [0.3, 0.4) is 0 Å².